The molecule has 0 aromatic heterocycles. The van der Waals surface area contributed by atoms with E-state index < -0.39 is 0 Å². The fourth-order valence-electron chi connectivity index (χ4n) is 2.25. The van der Waals surface area contributed by atoms with Gasteiger partial charge in [-0.1, -0.05) is 32.0 Å². The first-order valence-corrected chi connectivity index (χ1v) is 7.35. The van der Waals surface area contributed by atoms with Gasteiger partial charge in [0.15, 0.2) is 6.61 Å². The van der Waals surface area contributed by atoms with Gasteiger partial charge in [-0.05, 0) is 48.2 Å². The SMILES string of the molecule is Cc1cc(N)ccc1NC(=O)COc1ccccc1C(C)C. The Labute approximate surface area is 131 Å². The van der Waals surface area contributed by atoms with E-state index in [2.05, 4.69) is 19.2 Å². The van der Waals surface area contributed by atoms with E-state index in [1.54, 1.807) is 12.1 Å². The van der Waals surface area contributed by atoms with Crippen LogP contribution in [0.15, 0.2) is 42.5 Å². The number of carbonyl (C=O) groups is 1. The van der Waals surface area contributed by atoms with Crippen molar-refractivity contribution in [2.24, 2.45) is 0 Å². The van der Waals surface area contributed by atoms with E-state index >= 15 is 0 Å². The second-order valence-corrected chi connectivity index (χ2v) is 5.60. The molecule has 0 aliphatic heterocycles. The van der Waals surface area contributed by atoms with Crippen LogP contribution in [0.1, 0.15) is 30.9 Å². The fraction of sp³-hybridized carbons (Fsp3) is 0.278. The highest BCUT2D eigenvalue weighted by atomic mass is 16.5. The zero-order chi connectivity index (χ0) is 16.1. The summed E-state index contributed by atoms with van der Waals surface area (Å²) in [6.45, 7) is 6.08. The summed E-state index contributed by atoms with van der Waals surface area (Å²) in [5.74, 6) is 0.909. The Balaban J connectivity index is 1.99. The van der Waals surface area contributed by atoms with E-state index in [0.717, 1.165) is 22.6 Å². The number of nitrogen functional groups attached to an aromatic ring is 1. The van der Waals surface area contributed by atoms with Gasteiger partial charge < -0.3 is 15.8 Å². The molecule has 4 nitrogen and oxygen atoms in total. The number of amides is 1. The zero-order valence-electron chi connectivity index (χ0n) is 13.2. The fourth-order valence-corrected chi connectivity index (χ4v) is 2.25. The molecule has 116 valence electrons. The van der Waals surface area contributed by atoms with E-state index in [-0.39, 0.29) is 12.5 Å². The van der Waals surface area contributed by atoms with Gasteiger partial charge in [-0.2, -0.15) is 0 Å². The van der Waals surface area contributed by atoms with Crippen molar-refractivity contribution in [2.45, 2.75) is 26.7 Å². The molecule has 2 aromatic carbocycles. The number of anilines is 2. The second kappa shape index (κ2) is 6.98. The van der Waals surface area contributed by atoms with Gasteiger partial charge in [0.25, 0.3) is 5.91 Å². The molecule has 1 amide bonds. The van der Waals surface area contributed by atoms with Crippen molar-refractivity contribution in [1.82, 2.24) is 0 Å². The van der Waals surface area contributed by atoms with Crippen molar-refractivity contribution in [2.75, 3.05) is 17.7 Å². The van der Waals surface area contributed by atoms with Crippen LogP contribution in [0.3, 0.4) is 0 Å². The number of hydrogen-bond acceptors (Lipinski definition) is 3. The smallest absolute Gasteiger partial charge is 0.262 e. The molecule has 0 aliphatic rings. The molecule has 0 saturated heterocycles. The van der Waals surface area contributed by atoms with Gasteiger partial charge in [0.2, 0.25) is 0 Å². The second-order valence-electron chi connectivity index (χ2n) is 5.60. The number of nitrogens with one attached hydrogen (secondary N) is 1. The van der Waals surface area contributed by atoms with Crippen molar-refractivity contribution in [3.05, 3.63) is 53.6 Å². The van der Waals surface area contributed by atoms with E-state index in [1.807, 2.05) is 37.3 Å². The predicted molar refractivity (Wildman–Crippen MR) is 90.2 cm³/mol. The van der Waals surface area contributed by atoms with Crippen molar-refractivity contribution in [3.63, 3.8) is 0 Å². The topological polar surface area (TPSA) is 64.3 Å². The van der Waals surface area contributed by atoms with Gasteiger partial charge in [0, 0.05) is 11.4 Å². The van der Waals surface area contributed by atoms with Crippen LogP contribution < -0.4 is 15.8 Å². The summed E-state index contributed by atoms with van der Waals surface area (Å²) in [7, 11) is 0. The quantitative estimate of drug-likeness (QED) is 0.827. The van der Waals surface area contributed by atoms with Crippen LogP contribution in [-0.4, -0.2) is 12.5 Å². The van der Waals surface area contributed by atoms with Gasteiger partial charge in [0.1, 0.15) is 5.75 Å². The number of carbonyl (C=O) groups excluding carboxylic acids is 1. The first kappa shape index (κ1) is 15.9. The summed E-state index contributed by atoms with van der Waals surface area (Å²) >= 11 is 0. The average Bonchev–Trinajstić information content (AvgIpc) is 2.48. The lowest BCUT2D eigenvalue weighted by Gasteiger charge is -2.14. The van der Waals surface area contributed by atoms with Crippen LogP contribution in [0.25, 0.3) is 0 Å². The predicted octanol–water partition coefficient (Wildman–Crippen LogP) is 3.72. The Hall–Kier alpha value is -2.49. The standard InChI is InChI=1S/C18H22N2O2/c1-12(2)15-6-4-5-7-17(15)22-11-18(21)20-16-9-8-14(19)10-13(16)3/h4-10,12H,11,19H2,1-3H3,(H,20,21). The highest BCUT2D eigenvalue weighted by molar-refractivity contribution is 5.92. The van der Waals surface area contributed by atoms with Crippen molar-refractivity contribution < 1.29 is 9.53 Å². The van der Waals surface area contributed by atoms with Crippen LogP contribution in [0.5, 0.6) is 5.75 Å². The zero-order valence-corrected chi connectivity index (χ0v) is 13.2. The number of ether oxygens (including phenoxy) is 1. The lowest BCUT2D eigenvalue weighted by Crippen LogP contribution is -2.21. The minimum absolute atomic E-state index is 0.0203. The molecule has 0 aliphatic carbocycles. The third kappa shape index (κ3) is 4.01. The minimum Gasteiger partial charge on any atom is -0.483 e. The molecule has 0 fully saturated rings. The Morgan fingerprint density at radius 3 is 2.64 bits per heavy atom. The molecule has 0 atom stereocenters. The maximum Gasteiger partial charge on any atom is 0.262 e. The molecule has 0 saturated carbocycles. The number of para-hydroxylation sites is 1. The lowest BCUT2D eigenvalue weighted by molar-refractivity contribution is -0.118. The molecule has 3 N–H and O–H groups in total. The third-order valence-electron chi connectivity index (χ3n) is 3.42. The molecular formula is C18H22N2O2. The molecule has 22 heavy (non-hydrogen) atoms. The maximum absolute atomic E-state index is 12.0. The van der Waals surface area contributed by atoms with Crippen LogP contribution in [-0.2, 0) is 4.79 Å². The number of benzene rings is 2. The van der Waals surface area contributed by atoms with Crippen LogP contribution in [0.2, 0.25) is 0 Å². The highest BCUT2D eigenvalue weighted by Crippen LogP contribution is 2.25. The van der Waals surface area contributed by atoms with E-state index in [9.17, 15) is 4.79 Å². The van der Waals surface area contributed by atoms with Gasteiger partial charge in [-0.25, -0.2) is 0 Å². The summed E-state index contributed by atoms with van der Waals surface area (Å²) in [5.41, 5.74) is 9.15. The number of nitrogens with two attached hydrogens (primary N) is 1. The summed E-state index contributed by atoms with van der Waals surface area (Å²) in [4.78, 5) is 12.0. The summed E-state index contributed by atoms with van der Waals surface area (Å²) in [5, 5.41) is 2.84. The molecule has 0 unspecified atom stereocenters. The monoisotopic (exact) mass is 298 g/mol. The molecule has 0 heterocycles. The average molecular weight is 298 g/mol. The first-order valence-electron chi connectivity index (χ1n) is 7.35. The Morgan fingerprint density at radius 1 is 1.23 bits per heavy atom. The van der Waals surface area contributed by atoms with Gasteiger partial charge in [-0.15, -0.1) is 0 Å². The third-order valence-corrected chi connectivity index (χ3v) is 3.42. The molecule has 2 rings (SSSR count). The van der Waals surface area contributed by atoms with Crippen molar-refractivity contribution in [3.8, 4) is 5.75 Å². The molecule has 4 heteroatoms. The van der Waals surface area contributed by atoms with Gasteiger partial charge in [-0.3, -0.25) is 4.79 Å². The molecular weight excluding hydrogens is 276 g/mol. The van der Waals surface area contributed by atoms with E-state index in [0.29, 0.717) is 11.6 Å². The normalized spacial score (nSPS) is 10.5. The minimum atomic E-state index is -0.188. The Bertz CT molecular complexity index is 666. The first-order chi connectivity index (χ1) is 10.5. The van der Waals surface area contributed by atoms with Crippen LogP contribution in [0, 0.1) is 6.92 Å². The highest BCUT2D eigenvalue weighted by Gasteiger charge is 2.10. The van der Waals surface area contributed by atoms with Crippen LogP contribution >= 0.6 is 0 Å². The van der Waals surface area contributed by atoms with Crippen molar-refractivity contribution in [1.29, 1.82) is 0 Å². The Morgan fingerprint density at radius 2 is 1.95 bits per heavy atom. The number of aryl methyl sites for hydroxylation is 1. The maximum atomic E-state index is 12.0. The largest absolute Gasteiger partial charge is 0.483 e. The lowest BCUT2D eigenvalue weighted by atomic mass is 10.0. The number of rotatable bonds is 5. The molecule has 2 aromatic rings. The van der Waals surface area contributed by atoms with E-state index in [4.69, 9.17) is 10.5 Å². The summed E-state index contributed by atoms with van der Waals surface area (Å²) < 4.78 is 5.66. The van der Waals surface area contributed by atoms with Gasteiger partial charge >= 0.3 is 0 Å². The van der Waals surface area contributed by atoms with E-state index in [1.165, 1.54) is 0 Å². The van der Waals surface area contributed by atoms with Crippen molar-refractivity contribution >= 4 is 17.3 Å². The molecule has 0 spiro atoms. The summed E-state index contributed by atoms with van der Waals surface area (Å²) in [6, 6.07) is 13.2. The molecule has 0 bridgehead atoms. The Kier molecular flexibility index (Phi) is 5.04. The van der Waals surface area contributed by atoms with Gasteiger partial charge in [0.05, 0.1) is 0 Å². The number of hydrogen-bond donors (Lipinski definition) is 2. The summed E-state index contributed by atoms with van der Waals surface area (Å²) in [6.07, 6.45) is 0. The molecule has 0 radical (unpaired) electrons. The van der Waals surface area contributed by atoms with Crippen LogP contribution in [0.4, 0.5) is 11.4 Å².